The monoisotopic (exact) mass is 1580 g/mol. The Kier molecular flexibility index (Phi) is 21.0. The second-order valence-corrected chi connectivity index (χ2v) is 33.0. The number of benzene rings is 14. The van der Waals surface area contributed by atoms with Crippen molar-refractivity contribution >= 4 is 0 Å². The van der Waals surface area contributed by atoms with Gasteiger partial charge in [-0.15, -0.1) is 0 Å². The molecule has 6 heteroatoms. The highest BCUT2D eigenvalue weighted by Crippen LogP contribution is 2.59. The molecular weight excluding hydrogens is 1490 g/mol. The van der Waals surface area contributed by atoms with Crippen molar-refractivity contribution in [3.05, 3.63) is 417 Å². The van der Waals surface area contributed by atoms with Crippen LogP contribution < -0.4 is 4.74 Å². The van der Waals surface area contributed by atoms with Crippen LogP contribution in [0.1, 0.15) is 101 Å². The van der Waals surface area contributed by atoms with E-state index in [2.05, 4.69) is 383 Å². The summed E-state index contributed by atoms with van der Waals surface area (Å²) in [6.45, 7) is 9.45. The molecule has 0 amide bonds. The molecule has 6 nitrogen and oxygen atoms in total. The lowest BCUT2D eigenvalue weighted by molar-refractivity contribution is 0.435. The van der Waals surface area contributed by atoms with Gasteiger partial charge in [-0.05, 0) is 254 Å². The van der Waals surface area contributed by atoms with Crippen molar-refractivity contribution in [1.82, 2.24) is 24.9 Å². The van der Waals surface area contributed by atoms with Crippen LogP contribution in [0.4, 0.5) is 0 Å². The molecule has 4 heterocycles. The predicted octanol–water partition coefficient (Wildman–Crippen LogP) is 31.5. The van der Waals surface area contributed by atoms with E-state index in [4.69, 9.17) is 19.7 Å². The predicted molar refractivity (Wildman–Crippen MR) is 510 cm³/mol. The van der Waals surface area contributed by atoms with Crippen molar-refractivity contribution in [2.24, 2.45) is 0 Å². The van der Waals surface area contributed by atoms with E-state index in [1.165, 1.54) is 77.9 Å². The van der Waals surface area contributed by atoms with E-state index in [-0.39, 0.29) is 10.8 Å². The molecular formula is C117H93N5O. The van der Waals surface area contributed by atoms with Gasteiger partial charge in [0.1, 0.15) is 0 Å². The summed E-state index contributed by atoms with van der Waals surface area (Å²) in [6, 6.07) is 137. The first-order valence-electron chi connectivity index (χ1n) is 43.6. The Morgan fingerprint density at radius 3 is 0.894 bits per heavy atom. The quantitative estimate of drug-likeness (QED) is 0.0600. The van der Waals surface area contributed by atoms with E-state index in [1.54, 1.807) is 6.20 Å². The average molecular weight is 1590 g/mol. The van der Waals surface area contributed by atoms with Crippen molar-refractivity contribution in [3.63, 3.8) is 0 Å². The zero-order valence-corrected chi connectivity index (χ0v) is 69.8. The molecule has 0 bridgehead atoms. The average Bonchev–Trinajstić information content (AvgIpc) is 1.56. The third kappa shape index (κ3) is 14.8. The molecule has 4 aromatic heterocycles. The SMILES string of the molecule is CCCC1(CCC)c2cc(-c3ccc(-c4ccccc4)cc3)ccc2-c2ccc(-c3ccc4c(c3)C(CCC)(CCC)c3cc(-c5cc(Oc6ccnc(-c7ccc(-c8ccccc8-c8cc(-c9ccccc9-c9ccc(-c%10ccccn%10)cc9)cc(-c9ccccc9-c9ccc(-c%10ccccn%10)cc9)c8)cc7)n6)nc(-c6ccccc6)c5)ccc3-4)cc21. The van der Waals surface area contributed by atoms with Gasteiger partial charge in [-0.3, -0.25) is 9.97 Å². The van der Waals surface area contributed by atoms with Crippen molar-refractivity contribution < 1.29 is 4.74 Å². The maximum Gasteiger partial charge on any atom is 0.224 e. The van der Waals surface area contributed by atoms with Gasteiger partial charge in [0.25, 0.3) is 0 Å². The fourth-order valence-electron chi connectivity index (χ4n) is 19.9. The molecule has 0 fully saturated rings. The summed E-state index contributed by atoms with van der Waals surface area (Å²) in [7, 11) is 0. The van der Waals surface area contributed by atoms with Crippen molar-refractivity contribution in [1.29, 1.82) is 0 Å². The van der Waals surface area contributed by atoms with Crippen LogP contribution in [0.3, 0.4) is 0 Å². The van der Waals surface area contributed by atoms with Gasteiger partial charge in [-0.25, -0.2) is 9.97 Å². The van der Waals surface area contributed by atoms with Crippen LogP contribution >= 0.6 is 0 Å². The van der Waals surface area contributed by atoms with Gasteiger partial charge in [0.15, 0.2) is 5.82 Å². The van der Waals surface area contributed by atoms with Crippen LogP contribution in [0.5, 0.6) is 11.8 Å². The van der Waals surface area contributed by atoms with Crippen molar-refractivity contribution in [2.45, 2.75) is 89.9 Å². The van der Waals surface area contributed by atoms with Gasteiger partial charge in [0.2, 0.25) is 11.8 Å². The number of nitrogens with zero attached hydrogens (tertiary/aromatic N) is 5. The summed E-state index contributed by atoms with van der Waals surface area (Å²) in [5.74, 6) is 1.39. The number of fused-ring (bicyclic) bond motifs is 6. The first-order valence-corrected chi connectivity index (χ1v) is 43.6. The van der Waals surface area contributed by atoms with Gasteiger partial charge in [-0.2, -0.15) is 4.98 Å². The zero-order valence-electron chi connectivity index (χ0n) is 69.8. The zero-order chi connectivity index (χ0) is 82.8. The maximum atomic E-state index is 6.89. The lowest BCUT2D eigenvalue weighted by Gasteiger charge is -2.33. The fraction of sp³-hybridized carbons (Fsp3) is 0.120. The lowest BCUT2D eigenvalue weighted by atomic mass is 9.70. The third-order valence-corrected chi connectivity index (χ3v) is 25.5. The minimum absolute atomic E-state index is 0.0910. The molecule has 2 aliphatic carbocycles. The second-order valence-electron chi connectivity index (χ2n) is 33.0. The van der Waals surface area contributed by atoms with E-state index in [0.29, 0.717) is 17.6 Å². The second kappa shape index (κ2) is 33.5. The largest absolute Gasteiger partial charge is 0.421 e. The Morgan fingerprint density at radius 2 is 0.504 bits per heavy atom. The minimum Gasteiger partial charge on any atom is -0.421 e. The Morgan fingerprint density at radius 1 is 0.195 bits per heavy atom. The molecule has 0 aliphatic heterocycles. The van der Waals surface area contributed by atoms with E-state index in [9.17, 15) is 0 Å². The number of aromatic nitrogens is 5. The number of pyridine rings is 3. The highest BCUT2D eigenvalue weighted by atomic mass is 16.5. The van der Waals surface area contributed by atoms with Crippen LogP contribution in [-0.4, -0.2) is 24.9 Å². The van der Waals surface area contributed by atoms with Crippen LogP contribution in [0.2, 0.25) is 0 Å². The van der Waals surface area contributed by atoms with Gasteiger partial charge in [-0.1, -0.05) is 345 Å². The standard InChI is InChI=1S/C117H93N5O/c1-5-62-116(63-6-2)106-72-88(80-39-37-79(38-40-80)78-25-11-9-12-26-78)53-57-102(106)103-58-54-89(73-107(103)116)90-55-59-104-105-60-56-91(75-109(105)117(64-7-3,65-8-4)108(104)74-90)92-76-112(84-27-13-10-14-28-84)121-114(77-92)123-113-61-68-120-115(122-113)87-51-45-83(46-52-87)98-31-17-20-34-101(98)95-70-93(99-32-18-15-29-96(99)81-41-47-85(48-42-81)110-35-21-23-66-118-110)69-94(71-95)100-33-19-16-30-97(100)82-43-49-86(50-44-82)111-36-22-24-67-119-111/h9-61,66-77H,5-8,62-65H2,1-4H3. The molecule has 2 aliphatic rings. The molecule has 0 spiro atoms. The minimum atomic E-state index is -0.199. The van der Waals surface area contributed by atoms with Gasteiger partial charge in [0, 0.05) is 63.8 Å². The Balaban J connectivity index is 0.606. The van der Waals surface area contributed by atoms with Crippen LogP contribution in [-0.2, 0) is 10.8 Å². The summed E-state index contributed by atoms with van der Waals surface area (Å²) < 4.78 is 6.89. The summed E-state index contributed by atoms with van der Waals surface area (Å²) in [6.07, 6.45) is 14.0. The molecule has 0 atom stereocenters. The van der Waals surface area contributed by atoms with E-state index in [0.717, 1.165) is 169 Å². The lowest BCUT2D eigenvalue weighted by Crippen LogP contribution is -2.25. The summed E-state index contributed by atoms with van der Waals surface area (Å²) in [5, 5.41) is 0. The molecule has 20 rings (SSSR count). The van der Waals surface area contributed by atoms with Crippen LogP contribution in [0.25, 0.3) is 179 Å². The molecule has 592 valence electrons. The van der Waals surface area contributed by atoms with Crippen LogP contribution in [0, 0.1) is 0 Å². The van der Waals surface area contributed by atoms with Gasteiger partial charge in [0.05, 0.1) is 17.1 Å². The van der Waals surface area contributed by atoms with Crippen LogP contribution in [0.15, 0.2) is 395 Å². The molecule has 0 N–H and O–H groups in total. The molecule has 0 radical (unpaired) electrons. The number of hydrogen-bond acceptors (Lipinski definition) is 6. The topological polar surface area (TPSA) is 73.7 Å². The highest BCUT2D eigenvalue weighted by molar-refractivity contribution is 5.96. The fourth-order valence-corrected chi connectivity index (χ4v) is 19.9. The Bertz CT molecular complexity index is 6750. The third-order valence-electron chi connectivity index (χ3n) is 25.5. The maximum absolute atomic E-state index is 6.89. The molecule has 0 saturated carbocycles. The number of rotatable bonds is 24. The first kappa shape index (κ1) is 77.0. The number of hydrogen-bond donors (Lipinski definition) is 0. The normalized spacial score (nSPS) is 12.6. The highest BCUT2D eigenvalue weighted by Gasteiger charge is 2.44. The smallest absolute Gasteiger partial charge is 0.224 e. The summed E-state index contributed by atoms with van der Waals surface area (Å²) >= 11 is 0. The molecule has 0 unspecified atom stereocenters. The molecule has 123 heavy (non-hydrogen) atoms. The Labute approximate surface area is 722 Å². The Hall–Kier alpha value is -14.6. The number of ether oxygens (including phenoxy) is 1. The first-order chi connectivity index (χ1) is 60.7. The van der Waals surface area contributed by atoms with E-state index < -0.39 is 0 Å². The van der Waals surface area contributed by atoms with Crippen molar-refractivity contribution in [2.75, 3.05) is 0 Å². The molecule has 14 aromatic carbocycles. The van der Waals surface area contributed by atoms with Crippen molar-refractivity contribution in [3.8, 4) is 190 Å². The molecule has 0 saturated heterocycles. The molecule has 18 aromatic rings. The van der Waals surface area contributed by atoms with Gasteiger partial charge < -0.3 is 4.74 Å². The summed E-state index contributed by atoms with van der Waals surface area (Å²) in [5.41, 5.74) is 40.7. The van der Waals surface area contributed by atoms with E-state index in [1.807, 2.05) is 42.7 Å². The van der Waals surface area contributed by atoms with Gasteiger partial charge >= 0.3 is 0 Å². The summed E-state index contributed by atoms with van der Waals surface area (Å²) in [4.78, 5) is 24.6. The van der Waals surface area contributed by atoms with E-state index >= 15 is 0 Å².